The van der Waals surface area contributed by atoms with Crippen LogP contribution in [0.3, 0.4) is 0 Å². The van der Waals surface area contributed by atoms with Gasteiger partial charge in [-0.3, -0.25) is 14.4 Å². The zero-order valence-corrected chi connectivity index (χ0v) is 13.9. The maximum atomic E-state index is 11.8. The van der Waals surface area contributed by atoms with E-state index in [0.717, 1.165) is 0 Å². The van der Waals surface area contributed by atoms with Crippen molar-refractivity contribution in [3.8, 4) is 0 Å². The van der Waals surface area contributed by atoms with E-state index in [-0.39, 0.29) is 5.70 Å². The molecule has 0 aromatic carbocycles. The van der Waals surface area contributed by atoms with E-state index in [4.69, 9.17) is 9.84 Å². The van der Waals surface area contributed by atoms with Gasteiger partial charge in [-0.2, -0.15) is 0 Å². The van der Waals surface area contributed by atoms with Crippen LogP contribution in [0.1, 0.15) is 34.6 Å². The highest BCUT2D eigenvalue weighted by Gasteiger charge is 2.23. The monoisotopic (exact) mass is 329 g/mol. The zero-order chi connectivity index (χ0) is 18.4. The molecule has 0 aromatic heterocycles. The number of carbonyl (C=O) groups is 4. The van der Waals surface area contributed by atoms with Gasteiger partial charge in [0.05, 0.1) is 5.70 Å². The Labute approximate surface area is 134 Å². The van der Waals surface area contributed by atoms with Crippen LogP contribution in [0.5, 0.6) is 0 Å². The van der Waals surface area contributed by atoms with Gasteiger partial charge in [-0.25, -0.2) is 4.79 Å². The molecule has 0 aromatic rings. The molecular weight excluding hydrogens is 306 g/mol. The minimum atomic E-state index is -1.22. The topological polar surface area (TPSA) is 134 Å². The number of alkyl carbamates (subject to hydrolysis) is 1. The lowest BCUT2D eigenvalue weighted by molar-refractivity contribution is -0.140. The number of carboxylic acids is 1. The van der Waals surface area contributed by atoms with E-state index in [0.29, 0.717) is 0 Å². The lowest BCUT2D eigenvalue weighted by Gasteiger charge is -2.21. The summed E-state index contributed by atoms with van der Waals surface area (Å²) in [5.74, 6) is -2.76. The second-order valence-corrected chi connectivity index (χ2v) is 5.87. The van der Waals surface area contributed by atoms with Crippen LogP contribution < -0.4 is 16.0 Å². The predicted molar refractivity (Wildman–Crippen MR) is 81.4 cm³/mol. The van der Waals surface area contributed by atoms with E-state index in [2.05, 4.69) is 22.5 Å². The van der Waals surface area contributed by atoms with E-state index < -0.39 is 41.6 Å². The maximum Gasteiger partial charge on any atom is 0.408 e. The molecule has 0 spiro atoms. The van der Waals surface area contributed by atoms with Crippen LogP contribution in [0.2, 0.25) is 0 Å². The van der Waals surface area contributed by atoms with Crippen molar-refractivity contribution in [1.82, 2.24) is 16.0 Å². The molecule has 130 valence electrons. The van der Waals surface area contributed by atoms with Crippen LogP contribution in [-0.4, -0.2) is 46.7 Å². The number of rotatable bonds is 6. The summed E-state index contributed by atoms with van der Waals surface area (Å²) < 4.78 is 4.99. The highest BCUT2D eigenvalue weighted by Crippen LogP contribution is 2.06. The predicted octanol–water partition coefficient (Wildman–Crippen LogP) is 0.119. The number of hydrogen-bond acceptors (Lipinski definition) is 5. The van der Waals surface area contributed by atoms with Gasteiger partial charge in [-0.1, -0.05) is 6.58 Å². The van der Waals surface area contributed by atoms with Crippen LogP contribution in [0, 0.1) is 0 Å². The summed E-state index contributed by atoms with van der Waals surface area (Å²) in [7, 11) is 0. The van der Waals surface area contributed by atoms with Gasteiger partial charge in [-0.15, -0.1) is 0 Å². The largest absolute Gasteiger partial charge is 0.480 e. The molecule has 0 heterocycles. The first-order valence-electron chi connectivity index (χ1n) is 6.86. The molecule has 9 nitrogen and oxygen atoms in total. The summed E-state index contributed by atoms with van der Waals surface area (Å²) in [6.07, 6.45) is -0.783. The van der Waals surface area contributed by atoms with E-state index in [9.17, 15) is 19.2 Å². The molecule has 0 rings (SSSR count). The van der Waals surface area contributed by atoms with E-state index in [1.54, 1.807) is 20.8 Å². The second kappa shape index (κ2) is 8.16. The molecule has 9 heteroatoms. The van der Waals surface area contributed by atoms with Crippen LogP contribution in [0.4, 0.5) is 4.79 Å². The first-order chi connectivity index (χ1) is 10.3. The molecule has 23 heavy (non-hydrogen) atoms. The Bertz CT molecular complexity index is 509. The van der Waals surface area contributed by atoms with Crippen molar-refractivity contribution in [1.29, 1.82) is 0 Å². The van der Waals surface area contributed by atoms with Gasteiger partial charge in [0, 0.05) is 0 Å². The summed E-state index contributed by atoms with van der Waals surface area (Å²) in [5.41, 5.74) is -1.04. The molecule has 0 aliphatic rings. The van der Waals surface area contributed by atoms with Crippen molar-refractivity contribution in [3.05, 3.63) is 12.3 Å². The third-order valence-corrected chi connectivity index (χ3v) is 2.39. The van der Waals surface area contributed by atoms with Gasteiger partial charge in [0.2, 0.25) is 5.91 Å². The van der Waals surface area contributed by atoms with Crippen molar-refractivity contribution >= 4 is 23.9 Å². The Hall–Kier alpha value is -2.58. The molecule has 0 bridgehead atoms. The first-order valence-corrected chi connectivity index (χ1v) is 6.86. The minimum absolute atomic E-state index is 0.332. The molecule has 0 saturated heterocycles. The van der Waals surface area contributed by atoms with Gasteiger partial charge in [0.25, 0.3) is 5.91 Å². The average Bonchev–Trinajstić information content (AvgIpc) is 2.35. The van der Waals surface area contributed by atoms with Gasteiger partial charge in [0.1, 0.15) is 17.7 Å². The van der Waals surface area contributed by atoms with Crippen molar-refractivity contribution in [2.45, 2.75) is 52.3 Å². The standard InChI is InChI=1S/C14H23N3O6/c1-7(10(18)16-9(3)12(20)21)15-11(19)8(2)17-13(22)23-14(4,5)6/h8-9H,1H2,2-6H3,(H,15,19)(H,16,18)(H,17,22)(H,20,21)/t8-,9-/m0/s1. The number of carboxylic acid groups (broad SMARTS) is 1. The van der Waals surface area contributed by atoms with Crippen molar-refractivity contribution < 1.29 is 29.0 Å². The van der Waals surface area contributed by atoms with Crippen molar-refractivity contribution in [3.63, 3.8) is 0 Å². The van der Waals surface area contributed by atoms with Crippen LogP contribution in [0.25, 0.3) is 0 Å². The van der Waals surface area contributed by atoms with Gasteiger partial charge in [0.15, 0.2) is 0 Å². The average molecular weight is 329 g/mol. The maximum absolute atomic E-state index is 11.8. The Kier molecular flexibility index (Phi) is 7.24. The molecule has 0 saturated carbocycles. The fourth-order valence-corrected chi connectivity index (χ4v) is 1.21. The fraction of sp³-hybridized carbons (Fsp3) is 0.571. The van der Waals surface area contributed by atoms with Crippen LogP contribution >= 0.6 is 0 Å². The fourth-order valence-electron chi connectivity index (χ4n) is 1.21. The van der Waals surface area contributed by atoms with Gasteiger partial charge >= 0.3 is 12.1 Å². The lowest BCUT2D eigenvalue weighted by atomic mass is 10.2. The molecular formula is C14H23N3O6. The highest BCUT2D eigenvalue weighted by molar-refractivity contribution is 5.99. The number of hydrogen-bond donors (Lipinski definition) is 4. The SMILES string of the molecule is C=C(NC(=O)[C@H](C)NC(=O)OC(C)(C)C)C(=O)N[C@@H](C)C(=O)O. The van der Waals surface area contributed by atoms with Crippen molar-refractivity contribution in [2.24, 2.45) is 0 Å². The Balaban J connectivity index is 4.46. The molecule has 0 aliphatic carbocycles. The molecule has 0 aliphatic heterocycles. The van der Waals surface area contributed by atoms with Crippen molar-refractivity contribution in [2.75, 3.05) is 0 Å². The van der Waals surface area contributed by atoms with Crippen LogP contribution in [-0.2, 0) is 19.1 Å². The Morgan fingerprint density at radius 1 is 1.04 bits per heavy atom. The summed E-state index contributed by atoms with van der Waals surface area (Å²) in [6, 6.07) is -2.11. The number of amides is 3. The molecule has 3 amide bonds. The van der Waals surface area contributed by atoms with Crippen LogP contribution in [0.15, 0.2) is 12.3 Å². The summed E-state index contributed by atoms with van der Waals surface area (Å²) in [4.78, 5) is 45.6. The zero-order valence-electron chi connectivity index (χ0n) is 13.9. The molecule has 4 N–H and O–H groups in total. The lowest BCUT2D eigenvalue weighted by Crippen LogP contribution is -2.48. The Morgan fingerprint density at radius 2 is 1.57 bits per heavy atom. The summed E-state index contributed by atoms with van der Waals surface area (Å²) in [6.45, 7) is 11.0. The molecule has 0 radical (unpaired) electrons. The van der Waals surface area contributed by atoms with Gasteiger partial charge in [-0.05, 0) is 34.6 Å². The quantitative estimate of drug-likeness (QED) is 0.511. The third-order valence-electron chi connectivity index (χ3n) is 2.39. The molecule has 0 fully saturated rings. The first kappa shape index (κ1) is 20.4. The highest BCUT2D eigenvalue weighted by atomic mass is 16.6. The summed E-state index contributed by atoms with van der Waals surface area (Å²) in [5, 5.41) is 15.3. The molecule has 2 atom stereocenters. The normalized spacial score (nSPS) is 13.3. The number of aliphatic carboxylic acids is 1. The van der Waals surface area contributed by atoms with Gasteiger partial charge < -0.3 is 25.8 Å². The number of carbonyl (C=O) groups excluding carboxylic acids is 3. The minimum Gasteiger partial charge on any atom is -0.480 e. The summed E-state index contributed by atoms with van der Waals surface area (Å²) >= 11 is 0. The van der Waals surface area contributed by atoms with E-state index >= 15 is 0 Å². The second-order valence-electron chi connectivity index (χ2n) is 5.87. The number of ether oxygens (including phenoxy) is 1. The smallest absolute Gasteiger partial charge is 0.408 e. The Morgan fingerprint density at radius 3 is 2.00 bits per heavy atom. The van der Waals surface area contributed by atoms with E-state index in [1.807, 2.05) is 0 Å². The number of nitrogens with one attached hydrogen (secondary N) is 3. The van der Waals surface area contributed by atoms with E-state index in [1.165, 1.54) is 13.8 Å². The molecule has 0 unspecified atom stereocenters. The third kappa shape index (κ3) is 8.44.